The number of nitrogens with zero attached hydrogens (tertiary/aromatic N) is 5. The number of hydrogen-bond donors (Lipinski definition) is 0. The van der Waals surface area contributed by atoms with E-state index in [1.54, 1.807) is 0 Å². The van der Waals surface area contributed by atoms with Crippen LogP contribution < -0.4 is 0 Å². The molecule has 0 aromatic carbocycles. The second kappa shape index (κ2) is 9.20. The van der Waals surface area contributed by atoms with Gasteiger partial charge in [0.2, 0.25) is 0 Å². The predicted molar refractivity (Wildman–Crippen MR) is 102 cm³/mol. The van der Waals surface area contributed by atoms with Crippen LogP contribution in [0.1, 0.15) is 56.1 Å². The Hall–Kier alpha value is -0.590. The summed E-state index contributed by atoms with van der Waals surface area (Å²) in [7, 11) is 2.17. The highest BCUT2D eigenvalue weighted by molar-refractivity contribution is 7.98. The van der Waals surface area contributed by atoms with Crippen molar-refractivity contribution in [2.75, 3.05) is 44.7 Å². The van der Waals surface area contributed by atoms with Gasteiger partial charge in [-0.25, -0.2) is 0 Å². The molecule has 1 unspecified atom stereocenters. The molecule has 2 aliphatic rings. The Labute approximate surface area is 151 Å². The summed E-state index contributed by atoms with van der Waals surface area (Å²) in [5.41, 5.74) is 0. The van der Waals surface area contributed by atoms with Crippen LogP contribution in [0, 0.1) is 0 Å². The largest absolute Gasteiger partial charge is 0.317 e. The second-order valence-corrected chi connectivity index (χ2v) is 8.34. The predicted octanol–water partition coefficient (Wildman–Crippen LogP) is 2.73. The van der Waals surface area contributed by atoms with Crippen LogP contribution in [0.25, 0.3) is 0 Å². The fourth-order valence-electron chi connectivity index (χ4n) is 4.09. The average Bonchev–Trinajstić information content (AvgIpc) is 2.97. The summed E-state index contributed by atoms with van der Waals surface area (Å²) >= 11 is 1.95. The molecule has 1 aromatic heterocycles. The first-order valence-electron chi connectivity index (χ1n) is 9.59. The molecule has 0 aliphatic carbocycles. The topological polar surface area (TPSA) is 37.2 Å². The van der Waals surface area contributed by atoms with Gasteiger partial charge in [0.1, 0.15) is 11.6 Å². The summed E-state index contributed by atoms with van der Waals surface area (Å²) in [5, 5.41) is 9.13. The lowest BCUT2D eigenvalue weighted by Crippen LogP contribution is -2.36. The Bertz CT molecular complexity index is 498. The summed E-state index contributed by atoms with van der Waals surface area (Å²) in [6, 6.07) is 0. The molecule has 0 radical (unpaired) electrons. The molecule has 2 saturated heterocycles. The lowest BCUT2D eigenvalue weighted by Gasteiger charge is -2.32. The van der Waals surface area contributed by atoms with E-state index in [0.717, 1.165) is 18.9 Å². The van der Waals surface area contributed by atoms with Crippen molar-refractivity contribution in [3.8, 4) is 0 Å². The molecule has 0 bridgehead atoms. The maximum Gasteiger partial charge on any atom is 0.146 e. The van der Waals surface area contributed by atoms with Gasteiger partial charge in [0.25, 0.3) is 0 Å². The maximum atomic E-state index is 4.59. The highest BCUT2D eigenvalue weighted by Gasteiger charge is 2.26. The van der Waals surface area contributed by atoms with Gasteiger partial charge in [-0.2, -0.15) is 11.8 Å². The van der Waals surface area contributed by atoms with Gasteiger partial charge < -0.3 is 9.47 Å². The zero-order valence-electron chi connectivity index (χ0n) is 15.4. The SMILES string of the molecule is CSCCCN1CCCC(c2nnc(CN3CCCCC3)n2C)C1. The van der Waals surface area contributed by atoms with E-state index in [2.05, 4.69) is 37.9 Å². The van der Waals surface area contributed by atoms with Crippen molar-refractivity contribution >= 4 is 11.8 Å². The molecule has 0 N–H and O–H groups in total. The molecule has 3 rings (SSSR count). The molecule has 5 nitrogen and oxygen atoms in total. The first-order valence-corrected chi connectivity index (χ1v) is 11.0. The van der Waals surface area contributed by atoms with Crippen LogP contribution in [0.15, 0.2) is 0 Å². The number of likely N-dealkylation sites (tertiary alicyclic amines) is 2. The van der Waals surface area contributed by atoms with Crippen LogP contribution in [0.3, 0.4) is 0 Å². The van der Waals surface area contributed by atoms with Gasteiger partial charge >= 0.3 is 0 Å². The van der Waals surface area contributed by atoms with Crippen molar-refractivity contribution < 1.29 is 0 Å². The van der Waals surface area contributed by atoms with E-state index in [1.165, 1.54) is 76.3 Å². The van der Waals surface area contributed by atoms with Crippen LogP contribution in [0.4, 0.5) is 0 Å². The van der Waals surface area contributed by atoms with Crippen LogP contribution in [-0.2, 0) is 13.6 Å². The van der Waals surface area contributed by atoms with Crippen molar-refractivity contribution in [3.05, 3.63) is 11.6 Å². The number of aromatic nitrogens is 3. The van der Waals surface area contributed by atoms with Crippen LogP contribution in [0.2, 0.25) is 0 Å². The zero-order valence-corrected chi connectivity index (χ0v) is 16.2. The first-order chi connectivity index (χ1) is 11.8. The van der Waals surface area contributed by atoms with Gasteiger partial charge in [0, 0.05) is 19.5 Å². The minimum atomic E-state index is 0.556. The molecular weight excluding hydrogens is 318 g/mol. The minimum absolute atomic E-state index is 0.556. The van der Waals surface area contributed by atoms with Crippen molar-refractivity contribution in [3.63, 3.8) is 0 Å². The van der Waals surface area contributed by atoms with E-state index in [-0.39, 0.29) is 0 Å². The maximum absolute atomic E-state index is 4.59. The van der Waals surface area contributed by atoms with Gasteiger partial charge in [0.05, 0.1) is 6.54 Å². The molecule has 2 fully saturated rings. The molecule has 1 aromatic rings. The van der Waals surface area contributed by atoms with Gasteiger partial charge in [-0.15, -0.1) is 10.2 Å². The van der Waals surface area contributed by atoms with Gasteiger partial charge in [-0.1, -0.05) is 6.42 Å². The van der Waals surface area contributed by atoms with E-state index in [1.807, 2.05) is 11.8 Å². The normalized spacial score (nSPS) is 23.7. The Morgan fingerprint density at radius 3 is 2.62 bits per heavy atom. The second-order valence-electron chi connectivity index (χ2n) is 7.36. The number of piperidine rings is 2. The summed E-state index contributed by atoms with van der Waals surface area (Å²) in [6.45, 7) is 7.04. The summed E-state index contributed by atoms with van der Waals surface area (Å²) in [6.07, 6.45) is 10.1. The fraction of sp³-hybridized carbons (Fsp3) is 0.889. The molecule has 24 heavy (non-hydrogen) atoms. The molecule has 3 heterocycles. The van der Waals surface area contributed by atoms with Gasteiger partial charge in [0.15, 0.2) is 0 Å². The van der Waals surface area contributed by atoms with E-state index in [4.69, 9.17) is 0 Å². The smallest absolute Gasteiger partial charge is 0.146 e. The Morgan fingerprint density at radius 1 is 1.04 bits per heavy atom. The quantitative estimate of drug-likeness (QED) is 0.706. The molecule has 136 valence electrons. The zero-order chi connectivity index (χ0) is 16.8. The monoisotopic (exact) mass is 351 g/mol. The Balaban J connectivity index is 1.57. The molecule has 6 heteroatoms. The molecule has 0 spiro atoms. The average molecular weight is 352 g/mol. The summed E-state index contributed by atoms with van der Waals surface area (Å²) in [5.74, 6) is 4.18. The third kappa shape index (κ3) is 4.73. The van der Waals surface area contributed by atoms with Crippen molar-refractivity contribution in [1.29, 1.82) is 0 Å². The molecule has 2 aliphatic heterocycles. The number of thioether (sulfide) groups is 1. The Kier molecular flexibility index (Phi) is 6.98. The van der Waals surface area contributed by atoms with Crippen LogP contribution >= 0.6 is 11.8 Å². The van der Waals surface area contributed by atoms with E-state index >= 15 is 0 Å². The number of rotatable bonds is 7. The van der Waals surface area contributed by atoms with Crippen molar-refractivity contribution in [2.45, 2.75) is 51.0 Å². The Morgan fingerprint density at radius 2 is 1.83 bits per heavy atom. The third-order valence-electron chi connectivity index (χ3n) is 5.51. The molecule has 1 atom stereocenters. The van der Waals surface area contributed by atoms with E-state index in [0.29, 0.717) is 5.92 Å². The van der Waals surface area contributed by atoms with Crippen LogP contribution in [0.5, 0.6) is 0 Å². The first kappa shape index (κ1) is 18.2. The highest BCUT2D eigenvalue weighted by Crippen LogP contribution is 2.26. The van der Waals surface area contributed by atoms with E-state index < -0.39 is 0 Å². The molecule has 0 saturated carbocycles. The summed E-state index contributed by atoms with van der Waals surface area (Å²) < 4.78 is 2.28. The van der Waals surface area contributed by atoms with Crippen molar-refractivity contribution in [1.82, 2.24) is 24.6 Å². The van der Waals surface area contributed by atoms with Crippen LogP contribution in [-0.4, -0.2) is 69.3 Å². The fourth-order valence-corrected chi connectivity index (χ4v) is 4.51. The minimum Gasteiger partial charge on any atom is -0.317 e. The van der Waals surface area contributed by atoms with Gasteiger partial charge in [-0.3, -0.25) is 4.90 Å². The standard InChI is InChI=1S/C18H33N5S/c1-21-17(15-23-9-4-3-5-10-23)19-20-18(21)16-8-6-11-22(14-16)12-7-13-24-2/h16H,3-15H2,1-2H3. The summed E-state index contributed by atoms with van der Waals surface area (Å²) in [4.78, 5) is 5.16. The third-order valence-corrected chi connectivity index (χ3v) is 6.20. The lowest BCUT2D eigenvalue weighted by molar-refractivity contribution is 0.201. The van der Waals surface area contributed by atoms with Gasteiger partial charge in [-0.05, 0) is 70.3 Å². The molecular formula is C18H33N5S. The lowest BCUT2D eigenvalue weighted by atomic mass is 9.97. The highest BCUT2D eigenvalue weighted by atomic mass is 32.2. The van der Waals surface area contributed by atoms with E-state index in [9.17, 15) is 0 Å². The molecule has 0 amide bonds. The van der Waals surface area contributed by atoms with Crippen molar-refractivity contribution in [2.24, 2.45) is 7.05 Å². The number of hydrogen-bond acceptors (Lipinski definition) is 5.